The molecular weight excluding hydrogens is 506 g/mol. The van der Waals surface area contributed by atoms with E-state index in [4.69, 9.17) is 4.74 Å². The number of ether oxygens (including phenoxy) is 1. The van der Waals surface area contributed by atoms with Gasteiger partial charge in [-0.1, -0.05) is 52.7 Å². The summed E-state index contributed by atoms with van der Waals surface area (Å²) in [5.41, 5.74) is 7.48. The molecule has 0 bridgehead atoms. The first-order valence-electron chi connectivity index (χ1n) is 15.8. The van der Waals surface area contributed by atoms with E-state index >= 15 is 0 Å². The van der Waals surface area contributed by atoms with Gasteiger partial charge >= 0.3 is 0 Å². The number of aromatic nitrogens is 1. The summed E-state index contributed by atoms with van der Waals surface area (Å²) in [6.45, 7) is 14.7. The van der Waals surface area contributed by atoms with Crippen LogP contribution in [0.5, 0.6) is 17.2 Å². The van der Waals surface area contributed by atoms with Crippen molar-refractivity contribution in [2.24, 2.45) is 28.1 Å². The Bertz CT molecular complexity index is 1600. The molecule has 4 aliphatic rings. The average Bonchev–Trinajstić information content (AvgIpc) is 3.37. The highest BCUT2D eigenvalue weighted by molar-refractivity contribution is 5.86. The predicted molar refractivity (Wildman–Crippen MR) is 166 cm³/mol. The first kappa shape index (κ1) is 27.0. The van der Waals surface area contributed by atoms with E-state index in [1.54, 1.807) is 12.7 Å². The number of methoxy groups -OCH3 is 1. The summed E-state index contributed by atoms with van der Waals surface area (Å²) in [7, 11) is 1.72. The number of phenols is 2. The number of benzene rings is 2. The fourth-order valence-corrected chi connectivity index (χ4v) is 10.5. The molecular formula is C37H47NO3. The number of phenolic OH excluding ortho intramolecular Hbond substituents is 2. The molecule has 1 aromatic heterocycles. The third-order valence-corrected chi connectivity index (χ3v) is 13.3. The number of rotatable bonds is 2. The summed E-state index contributed by atoms with van der Waals surface area (Å²) in [4.78, 5) is 3.52. The standard InChI is InChI=1S/C37H47NO3/c1-21-10-11-34(3)12-14-37(6)31-18-25(26-20-38-28-9-8-23(41-7)17-24(26)28)32-22(2)33(40)29(39)19-27(32)35(31,4)13-15-36(37,5)30(34)16-21/h8-9,17-21,25,30,38-40H,10-16H2,1-7H3/t21-,25?,30+,34+,35-,36-,37+/m0/s1. The van der Waals surface area contributed by atoms with Crippen molar-refractivity contribution in [3.05, 3.63) is 64.4 Å². The van der Waals surface area contributed by atoms with Gasteiger partial charge in [-0.05, 0) is 120 Å². The molecule has 7 rings (SSSR count). The zero-order valence-corrected chi connectivity index (χ0v) is 25.9. The van der Waals surface area contributed by atoms with Gasteiger partial charge in [0.25, 0.3) is 0 Å². The van der Waals surface area contributed by atoms with Crippen LogP contribution >= 0.6 is 0 Å². The third-order valence-electron chi connectivity index (χ3n) is 13.3. The fraction of sp³-hybridized carbons (Fsp3) is 0.568. The molecule has 7 atom stereocenters. The summed E-state index contributed by atoms with van der Waals surface area (Å²) in [5.74, 6) is 2.32. The third kappa shape index (κ3) is 3.40. The smallest absolute Gasteiger partial charge is 0.160 e. The molecule has 3 saturated carbocycles. The van der Waals surface area contributed by atoms with E-state index in [-0.39, 0.29) is 33.7 Å². The molecule has 0 saturated heterocycles. The quantitative estimate of drug-likeness (QED) is 0.219. The Morgan fingerprint density at radius 3 is 2.51 bits per heavy atom. The zero-order valence-electron chi connectivity index (χ0n) is 25.9. The van der Waals surface area contributed by atoms with Gasteiger partial charge in [0.1, 0.15) is 5.75 Å². The molecule has 2 aromatic carbocycles. The summed E-state index contributed by atoms with van der Waals surface area (Å²) in [6.07, 6.45) is 13.5. The van der Waals surface area contributed by atoms with Crippen molar-refractivity contribution in [2.75, 3.05) is 7.11 Å². The number of H-pyrrole nitrogens is 1. The molecule has 0 aliphatic heterocycles. The molecule has 3 N–H and O–H groups in total. The Morgan fingerprint density at radius 2 is 1.76 bits per heavy atom. The van der Waals surface area contributed by atoms with Gasteiger partial charge in [-0.15, -0.1) is 0 Å². The normalized spacial score (nSPS) is 37.9. The van der Waals surface area contributed by atoms with E-state index in [1.807, 2.05) is 19.1 Å². The Labute approximate surface area is 245 Å². The second-order valence-corrected chi connectivity index (χ2v) is 15.2. The SMILES string of the molecule is COc1ccc2[nH]cc(C3C=C4[C@@](C)(CC[C@@]5(C)[C@@H]6C[C@@H](C)CC[C@]6(C)CC[C@]45C)c4cc(O)c(O)c(C)c43)c2c1. The zero-order chi connectivity index (χ0) is 29.1. The lowest BCUT2D eigenvalue weighted by Gasteiger charge is -2.69. The lowest BCUT2D eigenvalue weighted by molar-refractivity contribution is -0.145. The average molecular weight is 554 g/mol. The van der Waals surface area contributed by atoms with Crippen molar-refractivity contribution in [1.82, 2.24) is 4.98 Å². The second kappa shape index (κ2) is 8.58. The molecule has 3 fully saturated rings. The number of hydrogen-bond acceptors (Lipinski definition) is 3. The highest BCUT2D eigenvalue weighted by atomic mass is 16.5. The van der Waals surface area contributed by atoms with Gasteiger partial charge in [-0.2, -0.15) is 0 Å². The van der Waals surface area contributed by atoms with Crippen molar-refractivity contribution < 1.29 is 14.9 Å². The molecule has 1 unspecified atom stereocenters. The molecule has 4 heteroatoms. The first-order chi connectivity index (χ1) is 19.4. The Hall–Kier alpha value is -2.88. The van der Waals surface area contributed by atoms with Gasteiger partial charge < -0.3 is 19.9 Å². The van der Waals surface area contributed by atoms with Crippen LogP contribution < -0.4 is 4.74 Å². The van der Waals surface area contributed by atoms with Crippen LogP contribution in [-0.2, 0) is 5.41 Å². The Kier molecular flexibility index (Phi) is 5.65. The lowest BCUT2D eigenvalue weighted by atomic mass is 9.35. The Morgan fingerprint density at radius 1 is 0.976 bits per heavy atom. The first-order valence-corrected chi connectivity index (χ1v) is 15.8. The van der Waals surface area contributed by atoms with Crippen LogP contribution in [0.2, 0.25) is 0 Å². The maximum Gasteiger partial charge on any atom is 0.160 e. The molecule has 0 spiro atoms. The van der Waals surface area contributed by atoms with Crippen LogP contribution in [0.1, 0.15) is 108 Å². The number of fused-ring (bicyclic) bond motifs is 8. The van der Waals surface area contributed by atoms with E-state index in [1.165, 1.54) is 49.7 Å². The Balaban J connectivity index is 1.48. The largest absolute Gasteiger partial charge is 0.504 e. The molecule has 4 nitrogen and oxygen atoms in total. The van der Waals surface area contributed by atoms with Crippen molar-refractivity contribution in [3.8, 4) is 17.2 Å². The minimum absolute atomic E-state index is 0.00103. The van der Waals surface area contributed by atoms with Gasteiger partial charge in [0.15, 0.2) is 11.5 Å². The molecule has 4 aliphatic carbocycles. The fourth-order valence-electron chi connectivity index (χ4n) is 10.5. The number of nitrogens with one attached hydrogen (secondary N) is 1. The number of aromatic hydroxyl groups is 2. The van der Waals surface area contributed by atoms with E-state index in [0.717, 1.165) is 46.0 Å². The van der Waals surface area contributed by atoms with Crippen LogP contribution in [0.3, 0.4) is 0 Å². The summed E-state index contributed by atoms with van der Waals surface area (Å²) >= 11 is 0. The lowest BCUT2D eigenvalue weighted by Crippen LogP contribution is -2.61. The maximum atomic E-state index is 11.0. The maximum absolute atomic E-state index is 11.0. The van der Waals surface area contributed by atoms with Crippen LogP contribution in [0.4, 0.5) is 0 Å². The molecule has 0 radical (unpaired) electrons. The molecule has 3 aromatic rings. The topological polar surface area (TPSA) is 65.5 Å². The van der Waals surface area contributed by atoms with Gasteiger partial charge in [0.05, 0.1) is 7.11 Å². The van der Waals surface area contributed by atoms with Gasteiger partial charge in [-0.25, -0.2) is 0 Å². The van der Waals surface area contributed by atoms with Crippen LogP contribution in [0, 0.1) is 35.0 Å². The van der Waals surface area contributed by atoms with Gasteiger partial charge in [0, 0.05) is 28.4 Å². The van der Waals surface area contributed by atoms with E-state index < -0.39 is 0 Å². The highest BCUT2D eigenvalue weighted by Gasteiger charge is 2.65. The van der Waals surface area contributed by atoms with Crippen LogP contribution in [0.25, 0.3) is 10.9 Å². The van der Waals surface area contributed by atoms with Crippen molar-refractivity contribution in [2.45, 2.75) is 97.8 Å². The van der Waals surface area contributed by atoms with E-state index in [0.29, 0.717) is 5.41 Å². The summed E-state index contributed by atoms with van der Waals surface area (Å²) in [5, 5.41) is 23.2. The summed E-state index contributed by atoms with van der Waals surface area (Å²) in [6, 6.07) is 8.12. The van der Waals surface area contributed by atoms with Crippen molar-refractivity contribution in [3.63, 3.8) is 0 Å². The van der Waals surface area contributed by atoms with Gasteiger partial charge in [-0.3, -0.25) is 0 Å². The number of aromatic amines is 1. The minimum atomic E-state index is -0.187. The van der Waals surface area contributed by atoms with E-state index in [2.05, 4.69) is 64.0 Å². The van der Waals surface area contributed by atoms with E-state index in [9.17, 15) is 10.2 Å². The van der Waals surface area contributed by atoms with Crippen molar-refractivity contribution >= 4 is 10.9 Å². The minimum Gasteiger partial charge on any atom is -0.504 e. The molecule has 1 heterocycles. The van der Waals surface area contributed by atoms with Crippen molar-refractivity contribution in [1.29, 1.82) is 0 Å². The molecule has 218 valence electrons. The monoisotopic (exact) mass is 553 g/mol. The second-order valence-electron chi connectivity index (χ2n) is 15.2. The number of hydrogen-bond donors (Lipinski definition) is 3. The molecule has 0 amide bonds. The van der Waals surface area contributed by atoms with Gasteiger partial charge in [0.2, 0.25) is 0 Å². The van der Waals surface area contributed by atoms with Crippen LogP contribution in [-0.4, -0.2) is 22.3 Å². The number of allylic oxidation sites excluding steroid dienone is 2. The highest BCUT2D eigenvalue weighted by Crippen LogP contribution is 2.74. The predicted octanol–water partition coefficient (Wildman–Crippen LogP) is 9.27. The summed E-state index contributed by atoms with van der Waals surface area (Å²) < 4.78 is 5.63. The molecule has 41 heavy (non-hydrogen) atoms. The van der Waals surface area contributed by atoms with Crippen LogP contribution in [0.15, 0.2) is 42.1 Å².